The summed E-state index contributed by atoms with van der Waals surface area (Å²) < 4.78 is 5.29. The predicted molar refractivity (Wildman–Crippen MR) is 98.5 cm³/mol. The van der Waals surface area contributed by atoms with Gasteiger partial charge in [-0.25, -0.2) is 4.79 Å². The summed E-state index contributed by atoms with van der Waals surface area (Å²) in [6.07, 6.45) is 1.54. The van der Waals surface area contributed by atoms with Crippen LogP contribution in [0.5, 0.6) is 5.75 Å². The van der Waals surface area contributed by atoms with Crippen molar-refractivity contribution in [1.29, 1.82) is 0 Å². The maximum atomic E-state index is 12.1. The number of carbonyl (C=O) groups excluding carboxylic acids is 2. The van der Waals surface area contributed by atoms with Crippen LogP contribution in [-0.4, -0.2) is 29.0 Å². The average Bonchev–Trinajstić information content (AvgIpc) is 3.02. The van der Waals surface area contributed by atoms with Gasteiger partial charge in [-0.1, -0.05) is 35.5 Å². The van der Waals surface area contributed by atoms with Gasteiger partial charge < -0.3 is 10.1 Å². The number of hydrogen-bond donors (Lipinski definition) is 1. The largest absolute Gasteiger partial charge is 0.423 e. The topological polar surface area (TPSA) is 80.1 Å². The van der Waals surface area contributed by atoms with Crippen molar-refractivity contribution in [2.75, 3.05) is 5.75 Å². The van der Waals surface area contributed by atoms with Gasteiger partial charge in [0.05, 0.1) is 22.6 Å². The fraction of sp³-hybridized carbons (Fsp3) is 0.0588. The van der Waals surface area contributed by atoms with Crippen molar-refractivity contribution in [3.8, 4) is 5.75 Å². The van der Waals surface area contributed by atoms with Crippen LogP contribution in [0.2, 0.25) is 5.02 Å². The minimum absolute atomic E-state index is 0.0800. The second kappa shape index (κ2) is 7.96. The Morgan fingerprint density at radius 1 is 1.20 bits per heavy atom. The molecule has 0 spiro atoms. The number of amides is 1. The molecule has 25 heavy (non-hydrogen) atoms. The van der Waals surface area contributed by atoms with Gasteiger partial charge in [-0.3, -0.25) is 4.79 Å². The molecule has 1 N–H and O–H groups in total. The Bertz CT molecular complexity index is 866. The van der Waals surface area contributed by atoms with E-state index in [0.29, 0.717) is 27.3 Å². The van der Waals surface area contributed by atoms with E-state index in [1.165, 1.54) is 18.0 Å². The van der Waals surface area contributed by atoms with Gasteiger partial charge in [0, 0.05) is 0 Å². The van der Waals surface area contributed by atoms with E-state index >= 15 is 0 Å². The van der Waals surface area contributed by atoms with E-state index in [1.807, 2.05) is 0 Å². The van der Waals surface area contributed by atoms with Crippen molar-refractivity contribution < 1.29 is 14.3 Å². The quantitative estimate of drug-likeness (QED) is 0.386. The lowest BCUT2D eigenvalue weighted by atomic mass is 10.2. The first-order chi connectivity index (χ1) is 12.1. The summed E-state index contributed by atoms with van der Waals surface area (Å²) in [5, 5.41) is 11.2. The van der Waals surface area contributed by atoms with E-state index in [0.717, 1.165) is 5.56 Å². The molecule has 0 bridgehead atoms. The van der Waals surface area contributed by atoms with E-state index in [-0.39, 0.29) is 5.91 Å². The summed E-state index contributed by atoms with van der Waals surface area (Å²) in [6.45, 7) is 0. The molecule has 0 unspecified atom stereocenters. The van der Waals surface area contributed by atoms with Gasteiger partial charge in [-0.2, -0.15) is 5.10 Å². The molecule has 3 rings (SSSR count). The molecular formula is C17H12ClN3O3S. The number of hydrogen-bond acceptors (Lipinski definition) is 6. The lowest BCUT2D eigenvalue weighted by Gasteiger charge is -2.05. The zero-order chi connectivity index (χ0) is 17.6. The maximum Gasteiger partial charge on any atom is 0.345 e. The first-order valence-corrected chi connectivity index (χ1v) is 8.58. The van der Waals surface area contributed by atoms with Crippen molar-refractivity contribution in [1.82, 2.24) is 5.32 Å². The van der Waals surface area contributed by atoms with E-state index in [1.54, 1.807) is 48.5 Å². The van der Waals surface area contributed by atoms with Crippen LogP contribution in [0.4, 0.5) is 0 Å². The van der Waals surface area contributed by atoms with Gasteiger partial charge >= 0.3 is 5.97 Å². The molecule has 0 atom stereocenters. The smallest absolute Gasteiger partial charge is 0.345 e. The summed E-state index contributed by atoms with van der Waals surface area (Å²) in [4.78, 5) is 23.1. The number of ether oxygens (including phenoxy) is 1. The Morgan fingerprint density at radius 2 is 1.96 bits per heavy atom. The van der Waals surface area contributed by atoms with Gasteiger partial charge in [0.1, 0.15) is 5.75 Å². The van der Waals surface area contributed by atoms with E-state index in [2.05, 4.69) is 15.5 Å². The normalized spacial score (nSPS) is 15.6. The number of thioether (sulfide) groups is 1. The summed E-state index contributed by atoms with van der Waals surface area (Å²) >= 11 is 7.27. The molecule has 2 aromatic rings. The molecule has 1 amide bonds. The first kappa shape index (κ1) is 17.2. The van der Waals surface area contributed by atoms with Crippen LogP contribution in [0.25, 0.3) is 0 Å². The Kier molecular flexibility index (Phi) is 5.47. The zero-order valence-electron chi connectivity index (χ0n) is 12.8. The highest BCUT2D eigenvalue weighted by atomic mass is 35.5. The van der Waals surface area contributed by atoms with Crippen LogP contribution in [-0.2, 0) is 4.79 Å². The summed E-state index contributed by atoms with van der Waals surface area (Å²) in [6, 6.07) is 13.5. The standard InChI is InChI=1S/C17H12ClN3O3S/c18-14-4-2-1-3-13(14)16(23)24-12-7-5-11(6-8-12)9-19-21-17-20-15(22)10-25-17/h1-9H,10H2,(H,20,21,22). The second-order valence-electron chi connectivity index (χ2n) is 4.92. The number of nitrogens with zero attached hydrogens (tertiary/aromatic N) is 2. The number of rotatable bonds is 4. The Balaban J connectivity index is 1.61. The molecule has 2 aromatic carbocycles. The zero-order valence-corrected chi connectivity index (χ0v) is 14.4. The van der Waals surface area contributed by atoms with Gasteiger partial charge in [0.25, 0.3) is 0 Å². The number of benzene rings is 2. The van der Waals surface area contributed by atoms with Crippen LogP contribution in [0.1, 0.15) is 15.9 Å². The lowest BCUT2D eigenvalue weighted by molar-refractivity contribution is -0.116. The molecule has 1 aliphatic heterocycles. The fourth-order valence-corrected chi connectivity index (χ4v) is 2.78. The second-order valence-corrected chi connectivity index (χ2v) is 6.30. The van der Waals surface area contributed by atoms with Crippen molar-refractivity contribution in [2.45, 2.75) is 0 Å². The number of amidine groups is 1. The SMILES string of the molecule is O=C1CSC(=NN=Cc2ccc(OC(=O)c3ccccc3Cl)cc2)N1. The number of nitrogens with one attached hydrogen (secondary N) is 1. The molecule has 1 saturated heterocycles. The summed E-state index contributed by atoms with van der Waals surface area (Å²) in [5.41, 5.74) is 1.08. The minimum atomic E-state index is -0.521. The molecule has 126 valence electrons. The molecule has 0 aromatic heterocycles. The highest BCUT2D eigenvalue weighted by Gasteiger charge is 2.16. The summed E-state index contributed by atoms with van der Waals surface area (Å²) in [7, 11) is 0. The van der Waals surface area contributed by atoms with Crippen LogP contribution < -0.4 is 10.1 Å². The first-order valence-electron chi connectivity index (χ1n) is 7.22. The van der Waals surface area contributed by atoms with Crippen molar-refractivity contribution in [3.05, 3.63) is 64.7 Å². The third-order valence-electron chi connectivity index (χ3n) is 3.13. The fourth-order valence-electron chi connectivity index (χ4n) is 1.94. The number of esters is 1. The highest BCUT2D eigenvalue weighted by Crippen LogP contribution is 2.19. The Morgan fingerprint density at radius 3 is 2.64 bits per heavy atom. The van der Waals surface area contributed by atoms with Crippen molar-refractivity contribution in [2.24, 2.45) is 10.2 Å². The van der Waals surface area contributed by atoms with Crippen molar-refractivity contribution >= 4 is 46.6 Å². The van der Waals surface area contributed by atoms with Gasteiger partial charge in [0.2, 0.25) is 5.91 Å². The molecule has 0 radical (unpaired) electrons. The van der Waals surface area contributed by atoms with E-state index in [4.69, 9.17) is 16.3 Å². The molecule has 1 aliphatic rings. The Hall–Kier alpha value is -2.64. The highest BCUT2D eigenvalue weighted by molar-refractivity contribution is 8.15. The van der Waals surface area contributed by atoms with Gasteiger partial charge in [0.15, 0.2) is 5.17 Å². The predicted octanol–water partition coefficient (Wildman–Crippen LogP) is 3.11. The third-order valence-corrected chi connectivity index (χ3v) is 4.32. The van der Waals surface area contributed by atoms with Crippen LogP contribution in [0.15, 0.2) is 58.7 Å². The molecule has 0 saturated carbocycles. The number of halogens is 1. The van der Waals surface area contributed by atoms with Crippen molar-refractivity contribution in [3.63, 3.8) is 0 Å². The monoisotopic (exact) mass is 373 g/mol. The number of carbonyl (C=O) groups is 2. The van der Waals surface area contributed by atoms with Crippen LogP contribution in [0, 0.1) is 0 Å². The molecule has 8 heteroatoms. The van der Waals surface area contributed by atoms with Crippen LogP contribution >= 0.6 is 23.4 Å². The Labute approximate surface area is 152 Å². The van der Waals surface area contributed by atoms with Crippen LogP contribution in [0.3, 0.4) is 0 Å². The summed E-state index contributed by atoms with van der Waals surface area (Å²) in [5.74, 6) is 0.155. The lowest BCUT2D eigenvalue weighted by Crippen LogP contribution is -2.19. The van der Waals surface area contributed by atoms with Gasteiger partial charge in [-0.15, -0.1) is 5.10 Å². The minimum Gasteiger partial charge on any atom is -0.423 e. The molecule has 6 nitrogen and oxygen atoms in total. The molecule has 1 heterocycles. The van der Waals surface area contributed by atoms with E-state index < -0.39 is 5.97 Å². The van der Waals surface area contributed by atoms with Gasteiger partial charge in [-0.05, 0) is 42.0 Å². The molecular weight excluding hydrogens is 362 g/mol. The maximum absolute atomic E-state index is 12.1. The molecule has 0 aliphatic carbocycles. The third kappa shape index (κ3) is 4.68. The molecule has 1 fully saturated rings. The average molecular weight is 374 g/mol. The van der Waals surface area contributed by atoms with E-state index in [9.17, 15) is 9.59 Å².